The lowest BCUT2D eigenvalue weighted by molar-refractivity contribution is 0.352. The quantitative estimate of drug-likeness (QED) is 0.421. The molecule has 0 spiro atoms. The van der Waals surface area contributed by atoms with Gasteiger partial charge < -0.3 is 14.8 Å². The summed E-state index contributed by atoms with van der Waals surface area (Å²) in [6.07, 6.45) is 1.78. The third-order valence-electron chi connectivity index (χ3n) is 1.90. The molecule has 1 aromatic carbocycles. The minimum atomic E-state index is -5.17. The Hall–Kier alpha value is -1.70. The van der Waals surface area contributed by atoms with E-state index < -0.39 is 10.4 Å². The predicted molar refractivity (Wildman–Crippen MR) is 61.4 cm³/mol. The largest absolute Gasteiger partial charge is 0.759 e. The van der Waals surface area contributed by atoms with Crippen molar-refractivity contribution in [3.8, 4) is 0 Å². The summed E-state index contributed by atoms with van der Waals surface area (Å²) in [6.45, 7) is 2.02. The van der Waals surface area contributed by atoms with Gasteiger partial charge in [0.1, 0.15) is 0 Å². The third kappa shape index (κ3) is 4.77. The van der Waals surface area contributed by atoms with Gasteiger partial charge in [0.05, 0.1) is 5.52 Å². The molecule has 0 fully saturated rings. The van der Waals surface area contributed by atoms with Crippen molar-refractivity contribution in [1.29, 1.82) is 0 Å². The van der Waals surface area contributed by atoms with Crippen molar-refractivity contribution in [2.75, 3.05) is 5.73 Å². The van der Waals surface area contributed by atoms with E-state index in [1.807, 2.05) is 31.2 Å². The molecule has 0 saturated heterocycles. The zero-order valence-corrected chi connectivity index (χ0v) is 9.77. The van der Waals surface area contributed by atoms with Gasteiger partial charge in [-0.25, -0.2) is 0 Å². The topological polar surface area (TPSA) is 119 Å². The van der Waals surface area contributed by atoms with Gasteiger partial charge in [-0.05, 0) is 36.8 Å². The molecule has 92 valence electrons. The number of rotatable bonds is 0. The number of nitrogen functional groups attached to an aromatic ring is 1. The summed E-state index contributed by atoms with van der Waals surface area (Å²) >= 11 is 0. The maximum Gasteiger partial charge on any atom is 0.0725 e. The van der Waals surface area contributed by atoms with Gasteiger partial charge >= 0.3 is 0 Å². The highest BCUT2D eigenvalue weighted by Gasteiger charge is 1.97. The van der Waals surface area contributed by atoms with E-state index in [0.29, 0.717) is 0 Å². The maximum atomic E-state index is 8.52. The molecule has 6 nitrogen and oxygen atoms in total. The Balaban J connectivity index is 0.000000249. The lowest BCUT2D eigenvalue weighted by Crippen LogP contribution is -1.91. The number of nitrogens with zero attached hydrogens (tertiary/aromatic N) is 1. The maximum absolute atomic E-state index is 8.52. The predicted octanol–water partition coefficient (Wildman–Crippen LogP) is 0.787. The van der Waals surface area contributed by atoms with Crippen molar-refractivity contribution in [3.63, 3.8) is 0 Å². The molecule has 0 aliphatic carbocycles. The second-order valence-electron chi connectivity index (χ2n) is 3.33. The molecule has 1 aromatic heterocycles. The second kappa shape index (κ2) is 5.09. The molecule has 0 aliphatic rings. The second-order valence-corrected chi connectivity index (χ2v) is 4.15. The molecular formula is C10H10N2O4S-2. The Morgan fingerprint density at radius 1 is 1.29 bits per heavy atom. The Morgan fingerprint density at radius 2 is 1.88 bits per heavy atom. The highest BCUT2D eigenvalue weighted by molar-refractivity contribution is 7.79. The molecule has 2 rings (SSSR count). The highest BCUT2D eigenvalue weighted by atomic mass is 32.3. The number of fused-ring (bicyclic) bond motifs is 1. The molecule has 17 heavy (non-hydrogen) atoms. The van der Waals surface area contributed by atoms with Crippen LogP contribution in [0.1, 0.15) is 5.56 Å². The summed E-state index contributed by atoms with van der Waals surface area (Å²) in [4.78, 5) is 4.22. The van der Waals surface area contributed by atoms with E-state index in [1.165, 1.54) is 0 Å². The van der Waals surface area contributed by atoms with E-state index in [-0.39, 0.29) is 0 Å². The molecule has 0 aliphatic heterocycles. The van der Waals surface area contributed by atoms with Gasteiger partial charge in [0.15, 0.2) is 0 Å². The average molecular weight is 254 g/mol. The molecule has 2 N–H and O–H groups in total. The van der Waals surface area contributed by atoms with Crippen LogP contribution in [0.5, 0.6) is 0 Å². The van der Waals surface area contributed by atoms with E-state index in [2.05, 4.69) is 4.98 Å². The van der Waals surface area contributed by atoms with Crippen LogP contribution in [0.3, 0.4) is 0 Å². The van der Waals surface area contributed by atoms with E-state index in [1.54, 1.807) is 6.20 Å². The number of benzene rings is 1. The molecule has 7 heteroatoms. The summed E-state index contributed by atoms with van der Waals surface area (Å²) in [5, 5.41) is 1.03. The van der Waals surface area contributed by atoms with Gasteiger partial charge in [0, 0.05) is 27.7 Å². The fourth-order valence-corrected chi connectivity index (χ4v) is 1.36. The van der Waals surface area contributed by atoms with Gasteiger partial charge in [-0.3, -0.25) is 13.4 Å². The lowest BCUT2D eigenvalue weighted by atomic mass is 10.1. The molecule has 0 saturated carbocycles. The molecule has 0 amide bonds. The fraction of sp³-hybridized carbons (Fsp3) is 0.100. The van der Waals surface area contributed by atoms with Crippen LogP contribution in [0.4, 0.5) is 5.69 Å². The fourth-order valence-electron chi connectivity index (χ4n) is 1.36. The lowest BCUT2D eigenvalue weighted by Gasteiger charge is -2.06. The Kier molecular flexibility index (Phi) is 4.00. The highest BCUT2D eigenvalue weighted by Crippen LogP contribution is 2.20. The summed E-state index contributed by atoms with van der Waals surface area (Å²) in [7, 11) is -5.17. The van der Waals surface area contributed by atoms with Crippen molar-refractivity contribution in [2.24, 2.45) is 0 Å². The first kappa shape index (κ1) is 13.4. The first-order valence-corrected chi connectivity index (χ1v) is 5.88. The molecule has 0 bridgehead atoms. The minimum absolute atomic E-state index is 0.804. The average Bonchev–Trinajstić information content (AvgIpc) is 2.14. The number of hydrogen-bond acceptors (Lipinski definition) is 6. The van der Waals surface area contributed by atoms with Gasteiger partial charge in [0.2, 0.25) is 0 Å². The van der Waals surface area contributed by atoms with E-state index >= 15 is 0 Å². The van der Waals surface area contributed by atoms with Crippen LogP contribution >= 0.6 is 0 Å². The van der Waals surface area contributed by atoms with E-state index in [0.717, 1.165) is 22.2 Å². The number of anilines is 1. The summed E-state index contributed by atoms with van der Waals surface area (Å²) in [5.41, 5.74) is 8.74. The van der Waals surface area contributed by atoms with Crippen molar-refractivity contribution < 1.29 is 17.5 Å². The van der Waals surface area contributed by atoms with Crippen LogP contribution in [-0.2, 0) is 10.4 Å². The van der Waals surface area contributed by atoms with Gasteiger partial charge in [-0.15, -0.1) is 0 Å². The molecule has 0 atom stereocenters. The SMILES string of the molecule is Cc1cc(N)c2cccnc2c1.O=S(=O)([O-])[O-]. The van der Waals surface area contributed by atoms with Gasteiger partial charge in [0.25, 0.3) is 0 Å². The number of hydrogen-bond donors (Lipinski definition) is 1. The first-order chi connectivity index (χ1) is 7.77. The van der Waals surface area contributed by atoms with Crippen LogP contribution in [0.15, 0.2) is 30.5 Å². The monoisotopic (exact) mass is 254 g/mol. The van der Waals surface area contributed by atoms with Crippen LogP contribution in [-0.4, -0.2) is 22.5 Å². The number of nitrogens with two attached hydrogens (primary N) is 1. The van der Waals surface area contributed by atoms with E-state index in [4.69, 9.17) is 23.3 Å². The minimum Gasteiger partial charge on any atom is -0.759 e. The zero-order valence-electron chi connectivity index (χ0n) is 8.95. The van der Waals surface area contributed by atoms with Crippen molar-refractivity contribution in [1.82, 2.24) is 4.98 Å². The van der Waals surface area contributed by atoms with Crippen LogP contribution < -0.4 is 5.73 Å². The molecular weight excluding hydrogens is 244 g/mol. The zero-order chi connectivity index (χ0) is 13.1. The van der Waals surface area contributed by atoms with E-state index in [9.17, 15) is 0 Å². The van der Waals surface area contributed by atoms with Gasteiger partial charge in [-0.2, -0.15) is 0 Å². The first-order valence-electron chi connectivity index (χ1n) is 4.55. The number of pyridine rings is 1. The van der Waals surface area contributed by atoms with Crippen LogP contribution in [0.2, 0.25) is 0 Å². The molecule has 2 aromatic rings. The summed E-state index contributed by atoms with van der Waals surface area (Å²) < 4.78 is 34.1. The van der Waals surface area contributed by atoms with Crippen LogP contribution in [0.25, 0.3) is 10.9 Å². The van der Waals surface area contributed by atoms with Crippen LogP contribution in [0, 0.1) is 6.92 Å². The summed E-state index contributed by atoms with van der Waals surface area (Å²) in [6, 6.07) is 7.88. The molecule has 0 radical (unpaired) electrons. The molecule has 1 heterocycles. The number of aryl methyl sites for hydroxylation is 1. The smallest absolute Gasteiger partial charge is 0.0725 e. The third-order valence-corrected chi connectivity index (χ3v) is 1.90. The Labute approximate surface area is 98.7 Å². The normalized spacial score (nSPS) is 10.8. The Morgan fingerprint density at radius 3 is 2.47 bits per heavy atom. The molecule has 0 unspecified atom stereocenters. The standard InChI is InChI=1S/C10H10N2.H2O4S/c1-7-5-9(11)8-3-2-4-12-10(8)6-7;1-5(2,3)4/h2-6H,11H2,1H3;(H2,1,2,3,4)/p-2. The van der Waals surface area contributed by atoms with Crippen molar-refractivity contribution in [3.05, 3.63) is 36.0 Å². The van der Waals surface area contributed by atoms with Gasteiger partial charge in [-0.1, -0.05) is 0 Å². The number of aromatic nitrogens is 1. The van der Waals surface area contributed by atoms with Crippen molar-refractivity contribution in [2.45, 2.75) is 6.92 Å². The van der Waals surface area contributed by atoms with Crippen molar-refractivity contribution >= 4 is 27.0 Å². The Bertz CT molecular complexity index is 617. The summed E-state index contributed by atoms with van der Waals surface area (Å²) in [5.74, 6) is 0.